The fourth-order valence-electron chi connectivity index (χ4n) is 1.53. The van der Waals surface area contributed by atoms with Crippen molar-refractivity contribution in [2.45, 2.75) is 19.8 Å². The van der Waals surface area contributed by atoms with Gasteiger partial charge in [0.05, 0.1) is 0 Å². The van der Waals surface area contributed by atoms with E-state index in [1.54, 1.807) is 0 Å². The Hall–Kier alpha value is -0.890. The number of pyridine rings is 1. The van der Waals surface area contributed by atoms with Crippen molar-refractivity contribution >= 4 is 0 Å². The Labute approximate surface area is 80.6 Å². The second kappa shape index (κ2) is 4.97. The molecule has 0 aliphatic carbocycles. The zero-order valence-electron chi connectivity index (χ0n) is 8.70. The van der Waals surface area contributed by atoms with Crippen molar-refractivity contribution in [1.82, 2.24) is 9.88 Å². The van der Waals surface area contributed by atoms with Crippen LogP contribution in [-0.4, -0.2) is 30.0 Å². The number of nitrogens with zero attached hydrogens (tertiary/aromatic N) is 2. The van der Waals surface area contributed by atoms with Crippen LogP contribution < -0.4 is 0 Å². The van der Waals surface area contributed by atoms with Gasteiger partial charge in [0.15, 0.2) is 0 Å². The lowest BCUT2D eigenvalue weighted by molar-refractivity contribution is 0.189. The molecule has 0 aromatic carbocycles. The van der Waals surface area contributed by atoms with Gasteiger partial charge in [-0.3, -0.25) is 4.98 Å². The molecule has 0 saturated carbocycles. The summed E-state index contributed by atoms with van der Waals surface area (Å²) >= 11 is 0. The zero-order chi connectivity index (χ0) is 9.68. The van der Waals surface area contributed by atoms with Gasteiger partial charge in [-0.25, -0.2) is 0 Å². The monoisotopic (exact) mass is 178 g/mol. The molecule has 1 aliphatic heterocycles. The van der Waals surface area contributed by atoms with E-state index in [0.717, 1.165) is 5.92 Å². The van der Waals surface area contributed by atoms with Gasteiger partial charge in [0.1, 0.15) is 0 Å². The lowest BCUT2D eigenvalue weighted by atomic mass is 9.94. The van der Waals surface area contributed by atoms with Crippen LogP contribution in [0.1, 0.15) is 25.3 Å². The minimum atomic E-state index is 0.730. The largest absolute Gasteiger partial charge is 0.305 e. The Morgan fingerprint density at radius 2 is 2.08 bits per heavy atom. The highest BCUT2D eigenvalue weighted by Crippen LogP contribution is 2.23. The molecule has 0 unspecified atom stereocenters. The van der Waals surface area contributed by atoms with E-state index in [1.807, 2.05) is 32.3 Å². The summed E-state index contributed by atoms with van der Waals surface area (Å²) in [4.78, 5) is 6.41. The first-order chi connectivity index (χ1) is 6.36. The highest BCUT2D eigenvalue weighted by atomic mass is 15.2. The van der Waals surface area contributed by atoms with Gasteiger partial charge in [-0.1, -0.05) is 19.9 Å². The van der Waals surface area contributed by atoms with E-state index < -0.39 is 0 Å². The van der Waals surface area contributed by atoms with Gasteiger partial charge >= 0.3 is 0 Å². The topological polar surface area (TPSA) is 16.1 Å². The Kier molecular flexibility index (Phi) is 3.90. The molecule has 2 heteroatoms. The smallest absolute Gasteiger partial charge is 0.0303 e. The molecule has 2 heterocycles. The summed E-state index contributed by atoms with van der Waals surface area (Å²) in [7, 11) is 2.15. The highest BCUT2D eigenvalue weighted by molar-refractivity contribution is 5.18. The van der Waals surface area contributed by atoms with Crippen molar-refractivity contribution in [3.63, 3.8) is 0 Å². The lowest BCUT2D eigenvalue weighted by Gasteiger charge is -2.36. The van der Waals surface area contributed by atoms with Crippen LogP contribution >= 0.6 is 0 Å². The van der Waals surface area contributed by atoms with Gasteiger partial charge in [-0.2, -0.15) is 0 Å². The molecule has 0 N–H and O–H groups in total. The molecule has 1 saturated heterocycles. The molecular weight excluding hydrogens is 160 g/mol. The van der Waals surface area contributed by atoms with Gasteiger partial charge < -0.3 is 4.90 Å². The second-order valence-electron chi connectivity index (χ2n) is 3.20. The van der Waals surface area contributed by atoms with Crippen LogP contribution in [0, 0.1) is 0 Å². The molecule has 0 amide bonds. The highest BCUT2D eigenvalue weighted by Gasteiger charge is 2.24. The third-order valence-corrected chi connectivity index (χ3v) is 2.22. The molecule has 1 aliphatic rings. The first kappa shape index (κ1) is 10.2. The summed E-state index contributed by atoms with van der Waals surface area (Å²) in [5.41, 5.74) is 1.38. The molecule has 0 spiro atoms. The Balaban J connectivity index is 0.000000396. The summed E-state index contributed by atoms with van der Waals surface area (Å²) in [6, 6.07) is 4.16. The fourth-order valence-corrected chi connectivity index (χ4v) is 1.53. The standard InChI is InChI=1S/C9H12N2.C2H6/c1-11-6-9(7-11)8-3-2-4-10-5-8;1-2/h2-5,9H,6-7H2,1H3;1-2H3. The minimum Gasteiger partial charge on any atom is -0.305 e. The second-order valence-corrected chi connectivity index (χ2v) is 3.20. The van der Waals surface area contributed by atoms with E-state index in [-0.39, 0.29) is 0 Å². The maximum absolute atomic E-state index is 4.09. The van der Waals surface area contributed by atoms with Crippen molar-refractivity contribution in [3.8, 4) is 0 Å². The van der Waals surface area contributed by atoms with Gasteiger partial charge in [0.25, 0.3) is 0 Å². The Morgan fingerprint density at radius 1 is 1.38 bits per heavy atom. The molecular formula is C11H18N2. The minimum absolute atomic E-state index is 0.730. The molecule has 13 heavy (non-hydrogen) atoms. The molecule has 2 rings (SSSR count). The molecule has 1 aromatic rings. The summed E-state index contributed by atoms with van der Waals surface area (Å²) in [5.74, 6) is 0.730. The van der Waals surface area contributed by atoms with E-state index in [4.69, 9.17) is 0 Å². The van der Waals surface area contributed by atoms with Crippen molar-refractivity contribution < 1.29 is 0 Å². The van der Waals surface area contributed by atoms with Crippen LogP contribution in [0.5, 0.6) is 0 Å². The fraction of sp³-hybridized carbons (Fsp3) is 0.545. The summed E-state index contributed by atoms with van der Waals surface area (Å²) in [6.07, 6.45) is 3.80. The predicted octanol–water partition coefficient (Wildman–Crippen LogP) is 2.14. The number of likely N-dealkylation sites (tertiary alicyclic amines) is 1. The van der Waals surface area contributed by atoms with E-state index in [1.165, 1.54) is 18.7 Å². The number of rotatable bonds is 1. The Morgan fingerprint density at radius 3 is 2.54 bits per heavy atom. The molecule has 1 aromatic heterocycles. The Bertz CT molecular complexity index is 227. The van der Waals surface area contributed by atoms with E-state index in [2.05, 4.69) is 23.0 Å². The van der Waals surface area contributed by atoms with E-state index in [0.29, 0.717) is 0 Å². The van der Waals surface area contributed by atoms with Crippen LogP contribution in [0.25, 0.3) is 0 Å². The third kappa shape index (κ3) is 2.52. The van der Waals surface area contributed by atoms with Crippen molar-refractivity contribution in [1.29, 1.82) is 0 Å². The number of hydrogen-bond acceptors (Lipinski definition) is 2. The van der Waals surface area contributed by atoms with Crippen LogP contribution in [0.3, 0.4) is 0 Å². The number of likely N-dealkylation sites (N-methyl/N-ethyl adjacent to an activating group) is 1. The van der Waals surface area contributed by atoms with Crippen LogP contribution in [0.4, 0.5) is 0 Å². The molecule has 0 atom stereocenters. The normalized spacial score (nSPS) is 17.2. The first-order valence-electron chi connectivity index (χ1n) is 4.95. The van der Waals surface area contributed by atoms with Crippen LogP contribution in [-0.2, 0) is 0 Å². The van der Waals surface area contributed by atoms with E-state index in [9.17, 15) is 0 Å². The quantitative estimate of drug-likeness (QED) is 0.655. The van der Waals surface area contributed by atoms with Crippen molar-refractivity contribution in [2.24, 2.45) is 0 Å². The van der Waals surface area contributed by atoms with Gasteiger partial charge in [-0.05, 0) is 18.7 Å². The molecule has 72 valence electrons. The predicted molar refractivity (Wildman–Crippen MR) is 55.8 cm³/mol. The number of hydrogen-bond donors (Lipinski definition) is 0. The van der Waals surface area contributed by atoms with Gasteiger partial charge in [0.2, 0.25) is 0 Å². The maximum Gasteiger partial charge on any atom is 0.0303 e. The first-order valence-corrected chi connectivity index (χ1v) is 4.95. The van der Waals surface area contributed by atoms with Crippen LogP contribution in [0.15, 0.2) is 24.5 Å². The molecule has 0 radical (unpaired) electrons. The zero-order valence-corrected chi connectivity index (χ0v) is 8.70. The summed E-state index contributed by atoms with van der Waals surface area (Å²) < 4.78 is 0. The summed E-state index contributed by atoms with van der Waals surface area (Å²) in [5, 5.41) is 0. The molecule has 2 nitrogen and oxygen atoms in total. The average molecular weight is 178 g/mol. The average Bonchev–Trinajstić information content (AvgIpc) is 2.18. The SMILES string of the molecule is CC.CN1CC(c2cccnc2)C1. The maximum atomic E-state index is 4.09. The van der Waals surface area contributed by atoms with Gasteiger partial charge in [0, 0.05) is 31.4 Å². The molecule has 0 bridgehead atoms. The van der Waals surface area contributed by atoms with Gasteiger partial charge in [-0.15, -0.1) is 0 Å². The number of aromatic nitrogens is 1. The van der Waals surface area contributed by atoms with Crippen molar-refractivity contribution in [3.05, 3.63) is 30.1 Å². The summed E-state index contributed by atoms with van der Waals surface area (Å²) in [6.45, 7) is 6.37. The molecule has 1 fully saturated rings. The van der Waals surface area contributed by atoms with Crippen molar-refractivity contribution in [2.75, 3.05) is 20.1 Å². The third-order valence-electron chi connectivity index (χ3n) is 2.22. The lowest BCUT2D eigenvalue weighted by Crippen LogP contribution is -2.41. The van der Waals surface area contributed by atoms with Crippen LogP contribution in [0.2, 0.25) is 0 Å². The van der Waals surface area contributed by atoms with E-state index >= 15 is 0 Å².